The van der Waals surface area contributed by atoms with Gasteiger partial charge >= 0.3 is 0 Å². The van der Waals surface area contributed by atoms with Crippen LogP contribution in [-0.4, -0.2) is 28.9 Å². The maximum Gasteiger partial charge on any atom is 0.159 e. The molecule has 1 heterocycles. The number of aliphatic imine (C=N–C) groups is 1. The largest absolute Gasteiger partial charge is 0.352 e. The number of hydrogen-bond acceptors (Lipinski definition) is 4. The molecule has 1 aromatic carbocycles. The number of hydrogen-bond donors (Lipinski definition) is 1. The molecule has 0 saturated heterocycles. The second-order valence-electron chi connectivity index (χ2n) is 5.92. The van der Waals surface area contributed by atoms with Crippen molar-refractivity contribution in [3.05, 3.63) is 35.4 Å². The lowest BCUT2D eigenvalue weighted by atomic mass is 10.1. The first-order chi connectivity index (χ1) is 8.95. The van der Waals surface area contributed by atoms with Crippen LogP contribution in [0.5, 0.6) is 0 Å². The average molecular weight is 277 g/mol. The van der Waals surface area contributed by atoms with Gasteiger partial charge in [0, 0.05) is 11.3 Å². The lowest BCUT2D eigenvalue weighted by Gasteiger charge is -2.37. The van der Waals surface area contributed by atoms with Crippen LogP contribution in [0, 0.1) is 6.92 Å². The molecule has 1 aliphatic rings. The highest BCUT2D eigenvalue weighted by molar-refractivity contribution is 8.13. The van der Waals surface area contributed by atoms with Gasteiger partial charge in [0.05, 0.1) is 13.3 Å². The Balaban J connectivity index is 1.85. The molecule has 1 aliphatic heterocycles. The van der Waals surface area contributed by atoms with Gasteiger partial charge in [0.2, 0.25) is 0 Å². The fourth-order valence-corrected chi connectivity index (χ4v) is 2.61. The van der Waals surface area contributed by atoms with Crippen molar-refractivity contribution < 1.29 is 0 Å². The highest BCUT2D eigenvalue weighted by Crippen LogP contribution is 2.18. The molecule has 0 spiro atoms. The van der Waals surface area contributed by atoms with E-state index in [-0.39, 0.29) is 5.54 Å². The second kappa shape index (κ2) is 5.97. The van der Waals surface area contributed by atoms with Gasteiger partial charge in [-0.25, -0.2) is 4.99 Å². The standard InChI is InChI=1S/C15H23N3S/c1-12-5-7-13(8-6-12)9-19-14-16-10-18(11-17-14)15(2,3)4/h5-8H,9-11H2,1-4H3,(H,16,17). The number of thioether (sulfide) groups is 1. The molecule has 0 atom stereocenters. The number of benzene rings is 1. The van der Waals surface area contributed by atoms with Crippen molar-refractivity contribution in [2.75, 3.05) is 13.3 Å². The summed E-state index contributed by atoms with van der Waals surface area (Å²) in [4.78, 5) is 6.93. The minimum atomic E-state index is 0.170. The van der Waals surface area contributed by atoms with E-state index in [2.05, 4.69) is 67.2 Å². The van der Waals surface area contributed by atoms with Crippen LogP contribution in [0.3, 0.4) is 0 Å². The summed E-state index contributed by atoms with van der Waals surface area (Å²) in [5, 5.41) is 4.45. The topological polar surface area (TPSA) is 27.6 Å². The summed E-state index contributed by atoms with van der Waals surface area (Å²) in [6.45, 7) is 10.4. The number of amidine groups is 1. The van der Waals surface area contributed by atoms with Crippen molar-refractivity contribution in [3.63, 3.8) is 0 Å². The summed E-state index contributed by atoms with van der Waals surface area (Å²) in [5.41, 5.74) is 2.82. The van der Waals surface area contributed by atoms with Crippen LogP contribution in [0.2, 0.25) is 0 Å². The zero-order valence-corrected chi connectivity index (χ0v) is 13.0. The van der Waals surface area contributed by atoms with E-state index in [1.807, 2.05) is 0 Å². The van der Waals surface area contributed by atoms with Gasteiger partial charge < -0.3 is 5.32 Å². The average Bonchev–Trinajstić information content (AvgIpc) is 2.37. The quantitative estimate of drug-likeness (QED) is 0.899. The van der Waals surface area contributed by atoms with Crippen molar-refractivity contribution >= 4 is 16.9 Å². The van der Waals surface area contributed by atoms with E-state index < -0.39 is 0 Å². The van der Waals surface area contributed by atoms with E-state index in [1.54, 1.807) is 11.8 Å². The first kappa shape index (κ1) is 14.4. The molecular weight excluding hydrogens is 254 g/mol. The maximum atomic E-state index is 4.60. The molecule has 4 heteroatoms. The summed E-state index contributed by atoms with van der Waals surface area (Å²) >= 11 is 1.78. The Labute approximate surface area is 120 Å². The third-order valence-electron chi connectivity index (χ3n) is 3.25. The molecule has 2 rings (SSSR count). The fourth-order valence-electron chi connectivity index (χ4n) is 1.80. The third-order valence-corrected chi connectivity index (χ3v) is 4.28. The Morgan fingerprint density at radius 3 is 2.47 bits per heavy atom. The molecule has 0 radical (unpaired) electrons. The molecule has 0 aromatic heterocycles. The van der Waals surface area contributed by atoms with Crippen LogP contribution in [-0.2, 0) is 5.75 Å². The smallest absolute Gasteiger partial charge is 0.159 e. The number of nitrogens with zero attached hydrogens (tertiary/aromatic N) is 2. The third kappa shape index (κ3) is 4.25. The SMILES string of the molecule is Cc1ccc(CSC2=NCN(C(C)(C)C)CN2)cc1. The van der Waals surface area contributed by atoms with Gasteiger partial charge in [0.15, 0.2) is 5.17 Å². The first-order valence-corrected chi connectivity index (χ1v) is 7.65. The van der Waals surface area contributed by atoms with Crippen molar-refractivity contribution in [2.24, 2.45) is 4.99 Å². The van der Waals surface area contributed by atoms with E-state index in [0.717, 1.165) is 24.3 Å². The molecule has 104 valence electrons. The zero-order chi connectivity index (χ0) is 13.9. The Kier molecular flexibility index (Phi) is 4.53. The van der Waals surface area contributed by atoms with Crippen LogP contribution in [0.1, 0.15) is 31.9 Å². The van der Waals surface area contributed by atoms with Crippen LogP contribution < -0.4 is 5.32 Å². The van der Waals surface area contributed by atoms with Crippen LogP contribution >= 0.6 is 11.8 Å². The molecule has 0 bridgehead atoms. The van der Waals surface area contributed by atoms with Crippen molar-refractivity contribution in [1.29, 1.82) is 0 Å². The van der Waals surface area contributed by atoms with Crippen LogP contribution in [0.25, 0.3) is 0 Å². The van der Waals surface area contributed by atoms with Crippen molar-refractivity contribution in [1.82, 2.24) is 10.2 Å². The molecule has 1 N–H and O–H groups in total. The van der Waals surface area contributed by atoms with Gasteiger partial charge in [-0.1, -0.05) is 41.6 Å². The Bertz CT molecular complexity index is 445. The van der Waals surface area contributed by atoms with Gasteiger partial charge in [-0.2, -0.15) is 0 Å². The van der Waals surface area contributed by atoms with Gasteiger partial charge in [-0.3, -0.25) is 4.90 Å². The lowest BCUT2D eigenvalue weighted by molar-refractivity contribution is 0.131. The van der Waals surface area contributed by atoms with E-state index >= 15 is 0 Å². The van der Waals surface area contributed by atoms with Gasteiger partial charge in [0.25, 0.3) is 0 Å². The Hall–Kier alpha value is -1.00. The first-order valence-electron chi connectivity index (χ1n) is 6.67. The van der Waals surface area contributed by atoms with E-state index in [1.165, 1.54) is 11.1 Å². The molecule has 19 heavy (non-hydrogen) atoms. The highest BCUT2D eigenvalue weighted by atomic mass is 32.2. The van der Waals surface area contributed by atoms with Gasteiger partial charge in [-0.15, -0.1) is 0 Å². The van der Waals surface area contributed by atoms with Crippen LogP contribution in [0.4, 0.5) is 0 Å². The summed E-state index contributed by atoms with van der Waals surface area (Å²) in [5.74, 6) is 0.974. The molecule has 0 amide bonds. The van der Waals surface area contributed by atoms with Gasteiger partial charge in [-0.05, 0) is 33.3 Å². The minimum absolute atomic E-state index is 0.170. The predicted octanol–water partition coefficient (Wildman–Crippen LogP) is 3.20. The van der Waals surface area contributed by atoms with Gasteiger partial charge in [0.1, 0.15) is 0 Å². The molecule has 0 fully saturated rings. The normalized spacial score (nSPS) is 16.9. The fraction of sp³-hybridized carbons (Fsp3) is 0.533. The molecule has 3 nitrogen and oxygen atoms in total. The molecule has 0 saturated carbocycles. The van der Waals surface area contributed by atoms with E-state index in [4.69, 9.17) is 0 Å². The zero-order valence-electron chi connectivity index (χ0n) is 12.2. The van der Waals surface area contributed by atoms with Crippen molar-refractivity contribution in [2.45, 2.75) is 39.0 Å². The summed E-state index contributed by atoms with van der Waals surface area (Å²) in [7, 11) is 0. The van der Waals surface area contributed by atoms with E-state index in [0.29, 0.717) is 0 Å². The number of rotatable bonds is 2. The molecular formula is C15H23N3S. The molecule has 1 aromatic rings. The summed E-state index contributed by atoms with van der Waals surface area (Å²) in [6.07, 6.45) is 0. The van der Waals surface area contributed by atoms with E-state index in [9.17, 15) is 0 Å². The maximum absolute atomic E-state index is 4.60. The number of aryl methyl sites for hydroxylation is 1. The summed E-state index contributed by atoms with van der Waals surface area (Å²) < 4.78 is 0. The monoisotopic (exact) mass is 277 g/mol. The second-order valence-corrected chi connectivity index (χ2v) is 6.89. The molecule has 0 aliphatic carbocycles. The Morgan fingerprint density at radius 1 is 1.26 bits per heavy atom. The predicted molar refractivity (Wildman–Crippen MR) is 84.4 cm³/mol. The summed E-state index contributed by atoms with van der Waals surface area (Å²) in [6, 6.07) is 8.70. The number of nitrogens with one attached hydrogen (secondary N) is 1. The molecule has 0 unspecified atom stereocenters. The minimum Gasteiger partial charge on any atom is -0.352 e. The van der Waals surface area contributed by atoms with Crippen LogP contribution in [0.15, 0.2) is 29.3 Å². The van der Waals surface area contributed by atoms with Crippen molar-refractivity contribution in [3.8, 4) is 0 Å². The highest BCUT2D eigenvalue weighted by Gasteiger charge is 2.23. The lowest BCUT2D eigenvalue weighted by Crippen LogP contribution is -2.50. The Morgan fingerprint density at radius 2 is 1.95 bits per heavy atom.